The first-order chi connectivity index (χ1) is 11.4. The zero-order chi connectivity index (χ0) is 17.6. The van der Waals surface area contributed by atoms with Crippen molar-refractivity contribution in [2.45, 2.75) is 6.54 Å². The Morgan fingerprint density at radius 3 is 2.54 bits per heavy atom. The summed E-state index contributed by atoms with van der Waals surface area (Å²) in [5.41, 5.74) is 1.07. The third-order valence-corrected chi connectivity index (χ3v) is 4.55. The molecule has 6 nitrogen and oxygen atoms in total. The molecule has 0 unspecified atom stereocenters. The molecule has 0 aliphatic heterocycles. The fourth-order valence-corrected chi connectivity index (χ4v) is 2.86. The maximum absolute atomic E-state index is 12.8. The summed E-state index contributed by atoms with van der Waals surface area (Å²) in [6, 6.07) is 8.64. The highest BCUT2D eigenvalue weighted by molar-refractivity contribution is 7.88. The normalized spacial score (nSPS) is 11.5. The number of hydrogen-bond acceptors (Lipinski definition) is 4. The SMILES string of the molecule is CS(=O)(=O)N(CCNC(=O)c1ccc(F)cc1)Cc1cccnc1. The maximum Gasteiger partial charge on any atom is 0.251 e. The lowest BCUT2D eigenvalue weighted by Crippen LogP contribution is -2.37. The number of sulfonamides is 1. The van der Waals surface area contributed by atoms with E-state index in [1.165, 1.54) is 28.6 Å². The summed E-state index contributed by atoms with van der Waals surface area (Å²) in [5.74, 6) is -0.809. The maximum atomic E-state index is 12.8. The number of pyridine rings is 1. The highest BCUT2D eigenvalue weighted by Crippen LogP contribution is 2.07. The van der Waals surface area contributed by atoms with Crippen LogP contribution in [-0.2, 0) is 16.6 Å². The summed E-state index contributed by atoms with van der Waals surface area (Å²) in [6.07, 6.45) is 4.32. The van der Waals surface area contributed by atoms with E-state index in [0.29, 0.717) is 5.56 Å². The molecule has 0 radical (unpaired) electrons. The standard InChI is InChI=1S/C16H18FN3O3S/c1-24(22,23)20(12-13-3-2-8-18-11-13)10-9-19-16(21)14-4-6-15(17)7-5-14/h2-8,11H,9-10,12H2,1H3,(H,19,21). The molecule has 2 aromatic rings. The van der Waals surface area contributed by atoms with Gasteiger partial charge < -0.3 is 5.32 Å². The summed E-state index contributed by atoms with van der Waals surface area (Å²) < 4.78 is 37.8. The lowest BCUT2D eigenvalue weighted by Gasteiger charge is -2.20. The summed E-state index contributed by atoms with van der Waals surface area (Å²) in [6.45, 7) is 0.448. The van der Waals surface area contributed by atoms with E-state index in [0.717, 1.165) is 11.8 Å². The molecule has 0 aliphatic carbocycles. The fourth-order valence-electron chi connectivity index (χ4n) is 2.05. The lowest BCUT2D eigenvalue weighted by atomic mass is 10.2. The van der Waals surface area contributed by atoms with Crippen molar-refractivity contribution < 1.29 is 17.6 Å². The minimum atomic E-state index is -3.43. The van der Waals surface area contributed by atoms with Gasteiger partial charge in [0, 0.05) is 37.6 Å². The molecular formula is C16H18FN3O3S. The van der Waals surface area contributed by atoms with E-state index in [1.807, 2.05) is 0 Å². The highest BCUT2D eigenvalue weighted by atomic mass is 32.2. The molecule has 0 atom stereocenters. The zero-order valence-electron chi connectivity index (χ0n) is 13.1. The molecule has 1 amide bonds. The largest absolute Gasteiger partial charge is 0.351 e. The molecule has 0 bridgehead atoms. The van der Waals surface area contributed by atoms with Crippen molar-refractivity contribution in [3.05, 3.63) is 65.7 Å². The molecule has 1 heterocycles. The van der Waals surface area contributed by atoms with Crippen LogP contribution in [0.25, 0.3) is 0 Å². The summed E-state index contributed by atoms with van der Waals surface area (Å²) in [7, 11) is -3.43. The molecule has 2 rings (SSSR count). The average Bonchev–Trinajstić information content (AvgIpc) is 2.54. The molecule has 1 aromatic carbocycles. The van der Waals surface area contributed by atoms with E-state index in [4.69, 9.17) is 0 Å². The Kier molecular flexibility index (Phi) is 5.99. The molecular weight excluding hydrogens is 333 g/mol. The topological polar surface area (TPSA) is 79.4 Å². The molecule has 0 fully saturated rings. The minimum Gasteiger partial charge on any atom is -0.351 e. The van der Waals surface area contributed by atoms with E-state index in [1.54, 1.807) is 24.5 Å². The van der Waals surface area contributed by atoms with Gasteiger partial charge in [-0.15, -0.1) is 0 Å². The predicted molar refractivity (Wildman–Crippen MR) is 88.2 cm³/mol. The van der Waals surface area contributed by atoms with Crippen LogP contribution in [0.1, 0.15) is 15.9 Å². The van der Waals surface area contributed by atoms with Gasteiger partial charge in [-0.1, -0.05) is 6.07 Å². The Morgan fingerprint density at radius 1 is 1.25 bits per heavy atom. The lowest BCUT2D eigenvalue weighted by molar-refractivity contribution is 0.0951. The third-order valence-electron chi connectivity index (χ3n) is 3.30. The Bertz CT molecular complexity index is 780. The molecule has 1 N–H and O–H groups in total. The van der Waals surface area contributed by atoms with Crippen molar-refractivity contribution >= 4 is 15.9 Å². The molecule has 0 saturated carbocycles. The second-order valence-electron chi connectivity index (χ2n) is 5.22. The fraction of sp³-hybridized carbons (Fsp3) is 0.250. The van der Waals surface area contributed by atoms with Gasteiger partial charge in [0.05, 0.1) is 6.26 Å². The monoisotopic (exact) mass is 351 g/mol. The molecule has 0 saturated heterocycles. The predicted octanol–water partition coefficient (Wildman–Crippen LogP) is 1.41. The van der Waals surface area contributed by atoms with E-state index >= 15 is 0 Å². The number of rotatable bonds is 7. The molecule has 0 aliphatic rings. The van der Waals surface area contributed by atoms with Crippen LogP contribution in [0.3, 0.4) is 0 Å². The van der Waals surface area contributed by atoms with Crippen LogP contribution in [-0.4, -0.2) is 43.0 Å². The molecule has 8 heteroatoms. The van der Waals surface area contributed by atoms with Crippen LogP contribution in [0.5, 0.6) is 0 Å². The smallest absolute Gasteiger partial charge is 0.251 e. The number of nitrogens with one attached hydrogen (secondary N) is 1. The number of carbonyl (C=O) groups excluding carboxylic acids is 1. The van der Waals surface area contributed by atoms with E-state index in [-0.39, 0.29) is 25.5 Å². The quantitative estimate of drug-likeness (QED) is 0.818. The second-order valence-corrected chi connectivity index (χ2v) is 7.20. The number of hydrogen-bond donors (Lipinski definition) is 1. The number of halogens is 1. The van der Waals surface area contributed by atoms with Crippen molar-refractivity contribution in [3.8, 4) is 0 Å². The van der Waals surface area contributed by atoms with E-state index in [2.05, 4.69) is 10.3 Å². The van der Waals surface area contributed by atoms with Crippen LogP contribution >= 0.6 is 0 Å². The van der Waals surface area contributed by atoms with Crippen molar-refractivity contribution in [1.82, 2.24) is 14.6 Å². The Hall–Kier alpha value is -2.32. The summed E-state index contributed by atoms with van der Waals surface area (Å²) in [4.78, 5) is 15.9. The van der Waals surface area contributed by atoms with Crippen molar-refractivity contribution in [2.75, 3.05) is 19.3 Å². The second kappa shape index (κ2) is 7.98. The average molecular weight is 351 g/mol. The molecule has 0 spiro atoms. The van der Waals surface area contributed by atoms with Crippen molar-refractivity contribution in [3.63, 3.8) is 0 Å². The van der Waals surface area contributed by atoms with Gasteiger partial charge in [-0.05, 0) is 35.9 Å². The van der Waals surface area contributed by atoms with Gasteiger partial charge >= 0.3 is 0 Å². The first kappa shape index (κ1) is 18.0. The first-order valence-corrected chi connectivity index (χ1v) is 9.09. The van der Waals surface area contributed by atoms with Gasteiger partial charge in [0.2, 0.25) is 10.0 Å². The summed E-state index contributed by atoms with van der Waals surface area (Å²) >= 11 is 0. The van der Waals surface area contributed by atoms with Gasteiger partial charge in [0.25, 0.3) is 5.91 Å². The van der Waals surface area contributed by atoms with E-state index < -0.39 is 15.8 Å². The van der Waals surface area contributed by atoms with Gasteiger partial charge in [-0.2, -0.15) is 4.31 Å². The first-order valence-electron chi connectivity index (χ1n) is 7.24. The van der Waals surface area contributed by atoms with Crippen molar-refractivity contribution in [2.24, 2.45) is 0 Å². The van der Waals surface area contributed by atoms with Gasteiger partial charge in [0.15, 0.2) is 0 Å². The Labute approximate surface area is 140 Å². The number of amides is 1. The Morgan fingerprint density at radius 2 is 1.96 bits per heavy atom. The molecule has 1 aromatic heterocycles. The van der Waals surface area contributed by atoms with Gasteiger partial charge in [-0.3, -0.25) is 9.78 Å². The molecule has 128 valence electrons. The van der Waals surface area contributed by atoms with Crippen molar-refractivity contribution in [1.29, 1.82) is 0 Å². The zero-order valence-corrected chi connectivity index (χ0v) is 14.0. The number of carbonyl (C=O) groups is 1. The van der Waals surface area contributed by atoms with E-state index in [9.17, 15) is 17.6 Å². The number of aromatic nitrogens is 1. The van der Waals surface area contributed by atoms with Gasteiger partial charge in [0.1, 0.15) is 5.82 Å². The number of nitrogens with zero attached hydrogens (tertiary/aromatic N) is 2. The highest BCUT2D eigenvalue weighted by Gasteiger charge is 2.17. The van der Waals surface area contributed by atoms with Crippen LogP contribution < -0.4 is 5.32 Å². The summed E-state index contributed by atoms with van der Waals surface area (Å²) in [5, 5.41) is 2.62. The van der Waals surface area contributed by atoms with Crippen LogP contribution in [0.15, 0.2) is 48.8 Å². The van der Waals surface area contributed by atoms with Gasteiger partial charge in [-0.25, -0.2) is 12.8 Å². The third kappa shape index (κ3) is 5.39. The Balaban J connectivity index is 1.93. The molecule has 24 heavy (non-hydrogen) atoms. The number of benzene rings is 1. The van der Waals surface area contributed by atoms with Crippen LogP contribution in [0, 0.1) is 5.82 Å². The van der Waals surface area contributed by atoms with Crippen LogP contribution in [0.4, 0.5) is 4.39 Å². The minimum absolute atomic E-state index is 0.126. The van der Waals surface area contributed by atoms with Crippen LogP contribution in [0.2, 0.25) is 0 Å².